The summed E-state index contributed by atoms with van der Waals surface area (Å²) in [6.45, 7) is 3.81. The summed E-state index contributed by atoms with van der Waals surface area (Å²) < 4.78 is 5.33. The van der Waals surface area contributed by atoms with Gasteiger partial charge in [-0.15, -0.1) is 24.0 Å². The normalized spacial score (nSPS) is 24.9. The van der Waals surface area contributed by atoms with Crippen LogP contribution in [0.15, 0.2) is 29.3 Å². The maximum Gasteiger partial charge on any atom is 0.217 e. The Morgan fingerprint density at radius 2 is 1.94 bits per heavy atom. The molecule has 3 unspecified atom stereocenters. The van der Waals surface area contributed by atoms with Gasteiger partial charge in [0.05, 0.1) is 7.11 Å². The third-order valence-corrected chi connectivity index (χ3v) is 6.51. The van der Waals surface area contributed by atoms with E-state index in [1.165, 1.54) is 18.4 Å². The van der Waals surface area contributed by atoms with E-state index < -0.39 is 0 Å². The van der Waals surface area contributed by atoms with Crippen molar-refractivity contribution in [2.45, 2.75) is 38.1 Å². The maximum atomic E-state index is 11.3. The number of nitrogens with zero attached hydrogens (tertiary/aromatic N) is 3. The molecule has 0 saturated carbocycles. The van der Waals surface area contributed by atoms with Crippen LogP contribution >= 0.6 is 24.0 Å². The Morgan fingerprint density at radius 3 is 2.58 bits per heavy atom. The monoisotopic (exact) mass is 543 g/mol. The average Bonchev–Trinajstić information content (AvgIpc) is 2.74. The molecule has 0 spiro atoms. The summed E-state index contributed by atoms with van der Waals surface area (Å²) in [6, 6.07) is 8.85. The lowest BCUT2D eigenvalue weighted by Gasteiger charge is -2.41. The summed E-state index contributed by atoms with van der Waals surface area (Å²) in [6.07, 6.45) is 4.98. The molecule has 3 atom stereocenters. The Morgan fingerprint density at radius 1 is 1.23 bits per heavy atom. The fourth-order valence-electron chi connectivity index (χ4n) is 5.06. The highest BCUT2D eigenvalue weighted by Gasteiger charge is 2.31. The van der Waals surface area contributed by atoms with Gasteiger partial charge < -0.3 is 20.7 Å². The van der Waals surface area contributed by atoms with E-state index in [0.717, 1.165) is 50.7 Å². The minimum absolute atomic E-state index is 0. The van der Waals surface area contributed by atoms with Crippen LogP contribution in [-0.2, 0) is 4.79 Å². The van der Waals surface area contributed by atoms with Crippen molar-refractivity contribution < 1.29 is 9.53 Å². The van der Waals surface area contributed by atoms with Crippen molar-refractivity contribution in [3.8, 4) is 5.75 Å². The van der Waals surface area contributed by atoms with Gasteiger partial charge in [0.2, 0.25) is 5.91 Å². The van der Waals surface area contributed by atoms with Gasteiger partial charge in [-0.05, 0) is 68.8 Å². The topological polar surface area (TPSA) is 83.2 Å². The Labute approximate surface area is 203 Å². The summed E-state index contributed by atoms with van der Waals surface area (Å²) in [5.41, 5.74) is 6.75. The molecule has 1 aromatic rings. The number of ether oxygens (including phenoxy) is 1. The number of primary amides is 1. The number of benzene rings is 1. The number of halogens is 1. The number of piperidine rings is 2. The van der Waals surface area contributed by atoms with E-state index >= 15 is 0 Å². The number of likely N-dealkylation sites (tertiary alicyclic amines) is 2. The van der Waals surface area contributed by atoms with Crippen LogP contribution in [0.5, 0.6) is 5.75 Å². The molecular formula is C23H38IN5O2. The molecule has 0 radical (unpaired) electrons. The molecule has 174 valence electrons. The molecular weight excluding hydrogens is 505 g/mol. The Hall–Kier alpha value is -1.55. The number of methoxy groups -OCH3 is 1. The maximum absolute atomic E-state index is 11.3. The Kier molecular flexibility index (Phi) is 10.3. The van der Waals surface area contributed by atoms with Crippen LogP contribution in [0.4, 0.5) is 0 Å². The van der Waals surface area contributed by atoms with Gasteiger partial charge in [-0.1, -0.05) is 12.1 Å². The lowest BCUT2D eigenvalue weighted by atomic mass is 9.85. The minimum Gasteiger partial charge on any atom is -0.497 e. The van der Waals surface area contributed by atoms with Crippen LogP contribution in [-0.4, -0.2) is 69.1 Å². The zero-order valence-corrected chi connectivity index (χ0v) is 21.4. The van der Waals surface area contributed by atoms with Crippen molar-refractivity contribution in [2.75, 3.05) is 47.4 Å². The molecule has 8 heteroatoms. The second-order valence-electron chi connectivity index (χ2n) is 8.65. The van der Waals surface area contributed by atoms with Gasteiger partial charge in [0.1, 0.15) is 5.75 Å². The first-order valence-corrected chi connectivity index (χ1v) is 11.1. The molecule has 1 aromatic carbocycles. The van der Waals surface area contributed by atoms with Crippen LogP contribution in [0.1, 0.15) is 43.7 Å². The lowest BCUT2D eigenvalue weighted by Crippen LogP contribution is -2.49. The van der Waals surface area contributed by atoms with Gasteiger partial charge in [0.25, 0.3) is 0 Å². The van der Waals surface area contributed by atoms with Crippen molar-refractivity contribution in [2.24, 2.45) is 22.6 Å². The van der Waals surface area contributed by atoms with Gasteiger partial charge in [-0.2, -0.15) is 0 Å². The molecule has 3 N–H and O–H groups in total. The molecule has 2 saturated heterocycles. The smallest absolute Gasteiger partial charge is 0.217 e. The van der Waals surface area contributed by atoms with Crippen LogP contribution < -0.4 is 15.8 Å². The first-order chi connectivity index (χ1) is 14.5. The first-order valence-electron chi connectivity index (χ1n) is 11.1. The summed E-state index contributed by atoms with van der Waals surface area (Å²) >= 11 is 0. The second-order valence-corrected chi connectivity index (χ2v) is 8.65. The van der Waals surface area contributed by atoms with E-state index in [1.807, 2.05) is 19.2 Å². The predicted molar refractivity (Wildman–Crippen MR) is 136 cm³/mol. The number of hydrogen-bond donors (Lipinski definition) is 2. The first kappa shape index (κ1) is 25.7. The summed E-state index contributed by atoms with van der Waals surface area (Å²) in [7, 11) is 5.76. The highest BCUT2D eigenvalue weighted by atomic mass is 127. The summed E-state index contributed by atoms with van der Waals surface area (Å²) in [5, 5.41) is 3.63. The predicted octanol–water partition coefficient (Wildman–Crippen LogP) is 2.86. The zero-order chi connectivity index (χ0) is 21.5. The molecule has 0 aliphatic carbocycles. The molecule has 31 heavy (non-hydrogen) atoms. The van der Waals surface area contributed by atoms with E-state index in [0.29, 0.717) is 24.3 Å². The summed E-state index contributed by atoms with van der Waals surface area (Å²) in [4.78, 5) is 20.6. The van der Waals surface area contributed by atoms with Crippen LogP contribution in [0.3, 0.4) is 0 Å². The second kappa shape index (κ2) is 12.5. The average molecular weight is 543 g/mol. The van der Waals surface area contributed by atoms with Crippen LogP contribution in [0.25, 0.3) is 0 Å². The number of carbonyl (C=O) groups is 1. The van der Waals surface area contributed by atoms with E-state index in [-0.39, 0.29) is 29.9 Å². The van der Waals surface area contributed by atoms with E-state index in [4.69, 9.17) is 10.5 Å². The number of hydrogen-bond acceptors (Lipinski definition) is 4. The van der Waals surface area contributed by atoms with E-state index in [9.17, 15) is 4.79 Å². The molecule has 0 aromatic heterocycles. The number of nitrogens with one attached hydrogen (secondary N) is 1. The van der Waals surface area contributed by atoms with Crippen molar-refractivity contribution in [3.05, 3.63) is 29.8 Å². The fraction of sp³-hybridized carbons (Fsp3) is 0.652. The van der Waals surface area contributed by atoms with Crippen molar-refractivity contribution in [3.63, 3.8) is 0 Å². The lowest BCUT2D eigenvalue weighted by molar-refractivity contribution is -0.119. The highest BCUT2D eigenvalue weighted by Crippen LogP contribution is 2.35. The SMILES string of the molecule is CN=C(NCC1CCCN(C)C1c1ccc(OC)cc1)N1CCCC(CC(N)=O)C1.I. The minimum atomic E-state index is -0.211. The van der Waals surface area contributed by atoms with Gasteiger partial charge in [0.15, 0.2) is 5.96 Å². The molecule has 3 rings (SSSR count). The van der Waals surface area contributed by atoms with E-state index in [1.54, 1.807) is 7.11 Å². The van der Waals surface area contributed by atoms with Gasteiger partial charge >= 0.3 is 0 Å². The standard InChI is InChI=1S/C23H37N5O2.HI/c1-25-23(28-13-4-6-17(16-28)14-21(24)29)26-15-19-7-5-12-27(2)22(19)18-8-10-20(30-3)11-9-18;/h8-11,17,19,22H,4-7,12-16H2,1-3H3,(H2,24,29)(H,25,26);1H. The molecule has 2 aliphatic rings. The van der Waals surface area contributed by atoms with Crippen molar-refractivity contribution in [1.82, 2.24) is 15.1 Å². The van der Waals surface area contributed by atoms with Gasteiger partial charge in [-0.25, -0.2) is 0 Å². The quantitative estimate of drug-likeness (QED) is 0.328. The number of nitrogens with two attached hydrogens (primary N) is 1. The molecule has 1 amide bonds. The third kappa shape index (κ3) is 6.97. The number of guanidine groups is 1. The number of carbonyl (C=O) groups excluding carboxylic acids is 1. The zero-order valence-electron chi connectivity index (χ0n) is 19.0. The van der Waals surface area contributed by atoms with Crippen LogP contribution in [0, 0.1) is 11.8 Å². The van der Waals surface area contributed by atoms with Crippen molar-refractivity contribution in [1.29, 1.82) is 0 Å². The number of rotatable bonds is 6. The molecule has 7 nitrogen and oxygen atoms in total. The molecule has 2 fully saturated rings. The molecule has 2 aliphatic heterocycles. The number of amides is 1. The van der Waals surface area contributed by atoms with Gasteiger partial charge in [0, 0.05) is 39.1 Å². The fourth-order valence-corrected chi connectivity index (χ4v) is 5.06. The molecule has 2 heterocycles. The van der Waals surface area contributed by atoms with Gasteiger partial charge in [-0.3, -0.25) is 14.7 Å². The van der Waals surface area contributed by atoms with Crippen LogP contribution in [0.2, 0.25) is 0 Å². The largest absolute Gasteiger partial charge is 0.497 e. The van der Waals surface area contributed by atoms with E-state index in [2.05, 4.69) is 39.3 Å². The Bertz CT molecular complexity index is 727. The Balaban J connectivity index is 0.00000341. The van der Waals surface area contributed by atoms with Crippen molar-refractivity contribution >= 4 is 35.8 Å². The molecule has 0 bridgehead atoms. The summed E-state index contributed by atoms with van der Waals surface area (Å²) in [5.74, 6) is 2.44. The third-order valence-electron chi connectivity index (χ3n) is 6.51. The highest BCUT2D eigenvalue weighted by molar-refractivity contribution is 14.0. The number of aliphatic imine (C=N–C) groups is 1.